The molecule has 0 saturated carbocycles. The summed E-state index contributed by atoms with van der Waals surface area (Å²) >= 11 is 0. The van der Waals surface area contributed by atoms with Gasteiger partial charge in [-0.05, 0) is 35.7 Å². The number of carbonyl (C=O) groups is 1. The van der Waals surface area contributed by atoms with E-state index in [0.29, 0.717) is 17.7 Å². The molecule has 1 heterocycles. The molecule has 140 valence electrons. The third kappa shape index (κ3) is 3.57. The van der Waals surface area contributed by atoms with E-state index in [9.17, 15) is 14.9 Å². The third-order valence-corrected chi connectivity index (χ3v) is 4.98. The van der Waals surface area contributed by atoms with Crippen molar-refractivity contribution < 1.29 is 9.72 Å². The predicted molar refractivity (Wildman–Crippen MR) is 108 cm³/mol. The van der Waals surface area contributed by atoms with E-state index in [1.54, 1.807) is 6.07 Å². The van der Waals surface area contributed by atoms with Crippen LogP contribution < -0.4 is 10.6 Å². The van der Waals surface area contributed by atoms with Gasteiger partial charge in [0.25, 0.3) is 5.69 Å². The number of nitro groups is 1. The van der Waals surface area contributed by atoms with Crippen LogP contribution in [0.15, 0.2) is 78.9 Å². The summed E-state index contributed by atoms with van der Waals surface area (Å²) in [5, 5.41) is 17.6. The highest BCUT2D eigenvalue weighted by atomic mass is 16.6. The Morgan fingerprint density at radius 2 is 1.68 bits per heavy atom. The summed E-state index contributed by atoms with van der Waals surface area (Å²) in [6.45, 7) is 0. The monoisotopic (exact) mass is 373 g/mol. The number of hydrogen-bond donors (Lipinski definition) is 2. The number of benzene rings is 3. The molecule has 0 bridgehead atoms. The van der Waals surface area contributed by atoms with Gasteiger partial charge in [0.15, 0.2) is 0 Å². The van der Waals surface area contributed by atoms with Gasteiger partial charge in [-0.25, -0.2) is 0 Å². The summed E-state index contributed by atoms with van der Waals surface area (Å²) in [5.41, 5.74) is 3.16. The van der Waals surface area contributed by atoms with E-state index in [-0.39, 0.29) is 17.6 Å². The molecule has 1 aliphatic rings. The first kappa shape index (κ1) is 17.7. The molecule has 0 radical (unpaired) electrons. The zero-order valence-corrected chi connectivity index (χ0v) is 15.0. The van der Waals surface area contributed by atoms with Crippen LogP contribution in [0.25, 0.3) is 0 Å². The molecule has 2 unspecified atom stereocenters. The zero-order valence-electron chi connectivity index (χ0n) is 15.0. The van der Waals surface area contributed by atoms with Gasteiger partial charge in [-0.3, -0.25) is 14.9 Å². The van der Waals surface area contributed by atoms with Crippen LogP contribution in [-0.4, -0.2) is 10.8 Å². The minimum absolute atomic E-state index is 0.0174. The van der Waals surface area contributed by atoms with Crippen molar-refractivity contribution in [2.45, 2.75) is 18.4 Å². The van der Waals surface area contributed by atoms with E-state index in [0.717, 1.165) is 11.3 Å². The fraction of sp³-hybridized carbons (Fsp3) is 0.136. The number of carbonyl (C=O) groups excluding carboxylic acids is 1. The van der Waals surface area contributed by atoms with Gasteiger partial charge in [-0.1, -0.05) is 48.5 Å². The number of nitrogens with one attached hydrogen (secondary N) is 2. The minimum Gasteiger partial charge on any atom is -0.378 e. The largest absolute Gasteiger partial charge is 0.378 e. The highest BCUT2D eigenvalue weighted by Crippen LogP contribution is 2.42. The van der Waals surface area contributed by atoms with Crippen LogP contribution >= 0.6 is 0 Å². The molecule has 28 heavy (non-hydrogen) atoms. The number of anilines is 2. The summed E-state index contributed by atoms with van der Waals surface area (Å²) in [6, 6.07) is 23.7. The van der Waals surface area contributed by atoms with Gasteiger partial charge in [0.05, 0.1) is 16.9 Å². The maximum atomic E-state index is 13.1. The molecule has 1 amide bonds. The van der Waals surface area contributed by atoms with Crippen molar-refractivity contribution >= 4 is 23.0 Å². The lowest BCUT2D eigenvalue weighted by Crippen LogP contribution is -2.29. The Kier molecular flexibility index (Phi) is 4.76. The molecule has 1 aliphatic heterocycles. The number of para-hydroxylation sites is 1. The summed E-state index contributed by atoms with van der Waals surface area (Å²) in [4.78, 5) is 23.9. The van der Waals surface area contributed by atoms with Crippen molar-refractivity contribution in [3.63, 3.8) is 0 Å². The van der Waals surface area contributed by atoms with Crippen LogP contribution in [0.1, 0.15) is 29.5 Å². The second-order valence-electron chi connectivity index (χ2n) is 6.78. The lowest BCUT2D eigenvalue weighted by molar-refractivity contribution is -0.384. The Bertz CT molecular complexity index is 1010. The van der Waals surface area contributed by atoms with Crippen LogP contribution in [0, 0.1) is 10.1 Å². The fourth-order valence-corrected chi connectivity index (χ4v) is 3.60. The molecule has 3 aromatic carbocycles. The maximum absolute atomic E-state index is 13.1. The summed E-state index contributed by atoms with van der Waals surface area (Å²) < 4.78 is 0. The van der Waals surface area contributed by atoms with Gasteiger partial charge in [0.1, 0.15) is 0 Å². The molecule has 6 heteroatoms. The molecule has 3 aromatic rings. The third-order valence-electron chi connectivity index (χ3n) is 4.98. The molecule has 0 fully saturated rings. The Hall–Kier alpha value is -3.67. The SMILES string of the molecule is O=C(Nc1ccccc1)C1CC(c2ccccc2)Nc2ccc([N+](=O)[O-])cc21. The first-order valence-corrected chi connectivity index (χ1v) is 9.07. The van der Waals surface area contributed by atoms with Gasteiger partial charge >= 0.3 is 0 Å². The molecule has 2 N–H and O–H groups in total. The second-order valence-corrected chi connectivity index (χ2v) is 6.78. The molecule has 4 rings (SSSR count). The molecular formula is C22H19N3O3. The van der Waals surface area contributed by atoms with E-state index in [2.05, 4.69) is 10.6 Å². The zero-order chi connectivity index (χ0) is 19.5. The summed E-state index contributed by atoms with van der Waals surface area (Å²) in [6.07, 6.45) is 0.511. The van der Waals surface area contributed by atoms with Crippen LogP contribution in [0.4, 0.5) is 17.1 Å². The van der Waals surface area contributed by atoms with Crippen LogP contribution in [0.3, 0.4) is 0 Å². The first-order valence-electron chi connectivity index (χ1n) is 9.07. The highest BCUT2D eigenvalue weighted by Gasteiger charge is 2.33. The van der Waals surface area contributed by atoms with Crippen molar-refractivity contribution in [1.82, 2.24) is 0 Å². The van der Waals surface area contributed by atoms with E-state index >= 15 is 0 Å². The van der Waals surface area contributed by atoms with E-state index in [1.807, 2.05) is 60.7 Å². The van der Waals surface area contributed by atoms with E-state index in [1.165, 1.54) is 12.1 Å². The number of rotatable bonds is 4. The van der Waals surface area contributed by atoms with Gasteiger partial charge in [-0.15, -0.1) is 0 Å². The summed E-state index contributed by atoms with van der Waals surface area (Å²) in [7, 11) is 0. The Morgan fingerprint density at radius 1 is 1.00 bits per heavy atom. The van der Waals surface area contributed by atoms with Gasteiger partial charge in [-0.2, -0.15) is 0 Å². The number of nitrogens with zero attached hydrogens (tertiary/aromatic N) is 1. The number of hydrogen-bond acceptors (Lipinski definition) is 4. The Balaban J connectivity index is 1.70. The lowest BCUT2D eigenvalue weighted by atomic mass is 9.83. The highest BCUT2D eigenvalue weighted by molar-refractivity contribution is 5.97. The predicted octanol–water partition coefficient (Wildman–Crippen LogP) is 4.87. The van der Waals surface area contributed by atoms with Crippen molar-refractivity contribution in [1.29, 1.82) is 0 Å². The lowest BCUT2D eigenvalue weighted by Gasteiger charge is -2.32. The second kappa shape index (κ2) is 7.52. The standard InChI is InChI=1S/C22H19N3O3/c26-22(23-16-9-5-2-6-10-16)19-14-21(15-7-3-1-4-8-15)24-20-12-11-17(25(27)28)13-18(19)20/h1-13,19,21,24H,14H2,(H,23,26). The average Bonchev–Trinajstić information content (AvgIpc) is 2.73. The van der Waals surface area contributed by atoms with Crippen LogP contribution in [-0.2, 0) is 4.79 Å². The average molecular weight is 373 g/mol. The molecule has 6 nitrogen and oxygen atoms in total. The number of amides is 1. The molecular weight excluding hydrogens is 354 g/mol. The van der Waals surface area contributed by atoms with Gasteiger partial charge < -0.3 is 10.6 Å². The molecule has 0 aliphatic carbocycles. The molecule has 0 aromatic heterocycles. The van der Waals surface area contributed by atoms with Crippen molar-refractivity contribution in [2.24, 2.45) is 0 Å². The molecule has 0 saturated heterocycles. The number of fused-ring (bicyclic) bond motifs is 1. The van der Waals surface area contributed by atoms with Gasteiger partial charge in [0, 0.05) is 23.5 Å². The van der Waals surface area contributed by atoms with E-state index < -0.39 is 10.8 Å². The quantitative estimate of drug-likeness (QED) is 0.504. The smallest absolute Gasteiger partial charge is 0.269 e. The normalized spacial score (nSPS) is 17.9. The van der Waals surface area contributed by atoms with Crippen LogP contribution in [0.2, 0.25) is 0 Å². The van der Waals surface area contributed by atoms with Gasteiger partial charge in [0.2, 0.25) is 5.91 Å². The number of nitro benzene ring substituents is 1. The minimum atomic E-state index is -0.499. The maximum Gasteiger partial charge on any atom is 0.269 e. The van der Waals surface area contributed by atoms with E-state index in [4.69, 9.17) is 0 Å². The summed E-state index contributed by atoms with van der Waals surface area (Å²) in [5.74, 6) is -0.669. The topological polar surface area (TPSA) is 84.3 Å². The Labute approximate surface area is 162 Å². The Morgan fingerprint density at radius 3 is 2.36 bits per heavy atom. The van der Waals surface area contributed by atoms with Crippen molar-refractivity contribution in [2.75, 3.05) is 10.6 Å². The first-order chi connectivity index (χ1) is 13.6. The molecule has 2 atom stereocenters. The van der Waals surface area contributed by atoms with Crippen molar-refractivity contribution in [3.8, 4) is 0 Å². The van der Waals surface area contributed by atoms with Crippen molar-refractivity contribution in [3.05, 3.63) is 100 Å². The number of non-ortho nitro benzene ring substituents is 1. The molecule has 0 spiro atoms. The van der Waals surface area contributed by atoms with Crippen LogP contribution in [0.5, 0.6) is 0 Å². The fourth-order valence-electron chi connectivity index (χ4n) is 3.60.